The maximum absolute atomic E-state index is 12.6. The quantitative estimate of drug-likeness (QED) is 0.0753. The Morgan fingerprint density at radius 1 is 0.517 bits per heavy atom. The third-order valence-electron chi connectivity index (χ3n) is 9.37. The smallest absolute Gasteiger partial charge is 0.312 e. The summed E-state index contributed by atoms with van der Waals surface area (Å²) in [6.07, 6.45) is 0. The highest BCUT2D eigenvalue weighted by Crippen LogP contribution is 2.34. The maximum atomic E-state index is 12.6. The fourth-order valence-corrected chi connectivity index (χ4v) is 6.20. The molecule has 0 radical (unpaired) electrons. The molecule has 0 bridgehead atoms. The molecule has 0 aromatic heterocycles. The number of ether oxygens (including phenoxy) is 2. The summed E-state index contributed by atoms with van der Waals surface area (Å²) in [6, 6.07) is 51.4. The minimum Gasteiger partial charge on any atom is -0.455 e. The Morgan fingerprint density at radius 3 is 1.43 bits per heavy atom. The van der Waals surface area contributed by atoms with E-state index in [4.69, 9.17) is 15.2 Å². The number of amides is 2. The number of carbonyl (C=O) groups excluding carboxylic acids is 2. The van der Waals surface area contributed by atoms with E-state index in [2.05, 4.69) is 16.7 Å². The van der Waals surface area contributed by atoms with Gasteiger partial charge in [-0.15, -0.1) is 0 Å². The van der Waals surface area contributed by atoms with Crippen LogP contribution in [0.2, 0.25) is 0 Å². The van der Waals surface area contributed by atoms with Gasteiger partial charge >= 0.3 is 5.69 Å². The zero-order valence-corrected chi connectivity index (χ0v) is 31.6. The molecule has 4 N–H and O–H groups in total. The number of rotatable bonds is 9. The largest absolute Gasteiger partial charge is 0.455 e. The van der Waals surface area contributed by atoms with E-state index >= 15 is 0 Å². The summed E-state index contributed by atoms with van der Waals surface area (Å²) in [6.45, 7) is 3.82. The van der Waals surface area contributed by atoms with Crippen LogP contribution >= 0.6 is 0 Å². The van der Waals surface area contributed by atoms with Gasteiger partial charge in [-0.05, 0) is 113 Å². The SMILES string of the molecule is Cc1ccccc1NC(=O)c1ccc(Oc2ccc3ccccc3c2)c(N)c1.Cc1ccccc1NC(=O)c1ccc(Oc2ccc3ccccc3c2)c([N+](=O)[O-])c1. The molecule has 0 unspecified atom stereocenters. The van der Waals surface area contributed by atoms with Crippen molar-refractivity contribution in [1.29, 1.82) is 0 Å². The van der Waals surface area contributed by atoms with Crippen LogP contribution in [0.4, 0.5) is 22.7 Å². The molecule has 0 heterocycles. The number of nitrogens with one attached hydrogen (secondary N) is 2. The molecule has 0 spiro atoms. The van der Waals surface area contributed by atoms with Gasteiger partial charge in [0.15, 0.2) is 0 Å². The monoisotopic (exact) mass is 766 g/mol. The molecule has 10 heteroatoms. The van der Waals surface area contributed by atoms with Crippen LogP contribution in [0.5, 0.6) is 23.0 Å². The van der Waals surface area contributed by atoms with Crippen LogP contribution in [0.25, 0.3) is 21.5 Å². The van der Waals surface area contributed by atoms with E-state index in [1.165, 1.54) is 18.2 Å². The van der Waals surface area contributed by atoms with Crippen LogP contribution in [0.15, 0.2) is 170 Å². The number of carbonyl (C=O) groups is 2. The Hall–Kier alpha value is -7.98. The minimum atomic E-state index is -0.555. The fourth-order valence-electron chi connectivity index (χ4n) is 6.20. The van der Waals surface area contributed by atoms with Crippen LogP contribution in [-0.2, 0) is 0 Å². The predicted octanol–water partition coefficient (Wildman–Crippen LogP) is 11.9. The molecule has 8 rings (SSSR count). The van der Waals surface area contributed by atoms with Crippen molar-refractivity contribution in [3.8, 4) is 23.0 Å². The molecule has 58 heavy (non-hydrogen) atoms. The highest BCUT2D eigenvalue weighted by atomic mass is 16.6. The molecular formula is C48H38N4O6. The lowest BCUT2D eigenvalue weighted by molar-refractivity contribution is -0.385. The van der Waals surface area contributed by atoms with Crippen LogP contribution in [-0.4, -0.2) is 16.7 Å². The van der Waals surface area contributed by atoms with E-state index in [0.717, 1.165) is 38.4 Å². The van der Waals surface area contributed by atoms with Crippen molar-refractivity contribution >= 4 is 56.1 Å². The number of hydrogen-bond acceptors (Lipinski definition) is 7. The van der Waals surface area contributed by atoms with E-state index in [1.54, 1.807) is 30.3 Å². The Bertz CT molecular complexity index is 2820. The van der Waals surface area contributed by atoms with Crippen LogP contribution in [0.3, 0.4) is 0 Å². The van der Waals surface area contributed by atoms with Gasteiger partial charge in [-0.25, -0.2) is 0 Å². The first-order valence-electron chi connectivity index (χ1n) is 18.4. The lowest BCUT2D eigenvalue weighted by atomic mass is 10.1. The van der Waals surface area contributed by atoms with E-state index < -0.39 is 10.8 Å². The van der Waals surface area contributed by atoms with Gasteiger partial charge in [-0.2, -0.15) is 0 Å². The number of nitrogens with zero attached hydrogens (tertiary/aromatic N) is 1. The van der Waals surface area contributed by atoms with Crippen LogP contribution in [0, 0.1) is 24.0 Å². The summed E-state index contributed by atoms with van der Waals surface area (Å²) in [5.74, 6) is 1.13. The number of para-hydroxylation sites is 2. The van der Waals surface area contributed by atoms with Crippen molar-refractivity contribution in [2.75, 3.05) is 16.4 Å². The summed E-state index contributed by atoms with van der Waals surface area (Å²) in [5, 5.41) is 21.5. The zero-order valence-electron chi connectivity index (χ0n) is 31.6. The van der Waals surface area contributed by atoms with Crippen molar-refractivity contribution in [2.45, 2.75) is 13.8 Å². The number of fused-ring (bicyclic) bond motifs is 2. The summed E-state index contributed by atoms with van der Waals surface area (Å²) < 4.78 is 11.7. The molecule has 0 aliphatic rings. The average Bonchev–Trinajstić information content (AvgIpc) is 3.23. The molecule has 0 aliphatic carbocycles. The first kappa shape index (κ1) is 38.3. The van der Waals surface area contributed by atoms with Crippen molar-refractivity contribution in [3.05, 3.63) is 202 Å². The number of hydrogen-bond donors (Lipinski definition) is 3. The van der Waals surface area contributed by atoms with Gasteiger partial charge in [0.1, 0.15) is 17.2 Å². The van der Waals surface area contributed by atoms with Gasteiger partial charge in [-0.3, -0.25) is 19.7 Å². The van der Waals surface area contributed by atoms with E-state index in [1.807, 2.05) is 129 Å². The standard InChI is InChI=1S/C24H18N2O4.C24H20N2O2/c1-16-6-2-5-9-21(16)25-24(27)19-11-13-23(22(15-19)26(28)29)30-20-12-10-17-7-3-4-8-18(17)14-20;1-16-6-2-5-9-22(16)26-24(27)19-11-13-23(21(25)15-19)28-20-12-10-17-7-3-4-8-18(17)14-20/h2-15H,1H3,(H,25,27);2-15H,25H2,1H3,(H,26,27). The lowest BCUT2D eigenvalue weighted by Crippen LogP contribution is -2.13. The molecule has 10 nitrogen and oxygen atoms in total. The third-order valence-corrected chi connectivity index (χ3v) is 9.37. The maximum Gasteiger partial charge on any atom is 0.312 e. The van der Waals surface area contributed by atoms with E-state index in [9.17, 15) is 19.7 Å². The summed E-state index contributed by atoms with van der Waals surface area (Å²) >= 11 is 0. The van der Waals surface area contributed by atoms with Gasteiger partial charge in [0.2, 0.25) is 5.75 Å². The molecule has 2 amide bonds. The van der Waals surface area contributed by atoms with Crippen molar-refractivity contribution in [2.24, 2.45) is 0 Å². The lowest BCUT2D eigenvalue weighted by Gasteiger charge is -2.12. The summed E-state index contributed by atoms with van der Waals surface area (Å²) in [5.41, 5.74) is 10.3. The van der Waals surface area contributed by atoms with Gasteiger partial charge in [0.25, 0.3) is 11.8 Å². The summed E-state index contributed by atoms with van der Waals surface area (Å²) in [7, 11) is 0. The molecule has 0 saturated heterocycles. The number of aryl methyl sites for hydroxylation is 2. The molecule has 0 saturated carbocycles. The first-order valence-corrected chi connectivity index (χ1v) is 18.4. The Morgan fingerprint density at radius 2 is 0.948 bits per heavy atom. The highest BCUT2D eigenvalue weighted by Gasteiger charge is 2.20. The predicted molar refractivity (Wildman–Crippen MR) is 230 cm³/mol. The van der Waals surface area contributed by atoms with Gasteiger partial charge in [0, 0.05) is 28.6 Å². The van der Waals surface area contributed by atoms with Crippen LogP contribution < -0.4 is 25.8 Å². The normalized spacial score (nSPS) is 10.6. The molecule has 0 aliphatic heterocycles. The first-order chi connectivity index (χ1) is 28.1. The minimum absolute atomic E-state index is 0.0720. The second-order valence-corrected chi connectivity index (χ2v) is 13.5. The van der Waals surface area contributed by atoms with Gasteiger partial charge in [0.05, 0.1) is 10.6 Å². The molecule has 0 atom stereocenters. The number of anilines is 3. The summed E-state index contributed by atoms with van der Waals surface area (Å²) in [4.78, 5) is 36.2. The topological polar surface area (TPSA) is 146 Å². The second kappa shape index (κ2) is 17.2. The third kappa shape index (κ3) is 9.10. The molecule has 8 aromatic carbocycles. The molecule has 0 fully saturated rings. The zero-order chi connectivity index (χ0) is 40.6. The number of nitrogen functional groups attached to an aromatic ring is 1. The van der Waals surface area contributed by atoms with Gasteiger partial charge in [-0.1, -0.05) is 97.1 Å². The Labute approximate surface area is 334 Å². The van der Waals surface area contributed by atoms with E-state index in [-0.39, 0.29) is 22.9 Å². The number of benzene rings is 8. The van der Waals surface area contributed by atoms with Gasteiger partial charge < -0.3 is 25.8 Å². The number of nitrogens with two attached hydrogens (primary N) is 1. The van der Waals surface area contributed by atoms with Crippen molar-refractivity contribution in [3.63, 3.8) is 0 Å². The second-order valence-electron chi connectivity index (χ2n) is 13.5. The van der Waals surface area contributed by atoms with Crippen molar-refractivity contribution in [1.82, 2.24) is 0 Å². The molecule has 8 aromatic rings. The van der Waals surface area contributed by atoms with E-state index in [0.29, 0.717) is 34.2 Å². The number of nitro groups is 1. The Kier molecular flexibility index (Phi) is 11.4. The fraction of sp³-hybridized carbons (Fsp3) is 0.0417. The Balaban J connectivity index is 0.000000177. The number of nitro benzene ring substituents is 1. The molecule has 286 valence electrons. The van der Waals surface area contributed by atoms with Crippen LogP contribution in [0.1, 0.15) is 31.8 Å². The average molecular weight is 767 g/mol. The van der Waals surface area contributed by atoms with Crippen molar-refractivity contribution < 1.29 is 24.0 Å². The molecular weight excluding hydrogens is 729 g/mol. The highest BCUT2D eigenvalue weighted by molar-refractivity contribution is 6.06.